The average Bonchev–Trinajstić information content (AvgIpc) is 3.45. The molecule has 3 aliphatic rings. The van der Waals surface area contributed by atoms with Crippen LogP contribution in [-0.4, -0.2) is 49.4 Å². The van der Waals surface area contributed by atoms with Crippen LogP contribution >= 0.6 is 0 Å². The van der Waals surface area contributed by atoms with E-state index >= 15 is 0 Å². The Morgan fingerprint density at radius 2 is 1.77 bits per heavy atom. The van der Waals surface area contributed by atoms with Crippen molar-refractivity contribution in [1.82, 2.24) is 14.6 Å². The van der Waals surface area contributed by atoms with Crippen LogP contribution in [0.5, 0.6) is 0 Å². The number of rotatable bonds is 4. The van der Waals surface area contributed by atoms with E-state index in [2.05, 4.69) is 0 Å². The van der Waals surface area contributed by atoms with Crippen LogP contribution in [0.15, 0.2) is 53.3 Å². The SMILES string of the molecule is CC(=O)O[C@@H](c1nc2ccccc2c(=O)n1[C@@H]1C[C@]2(OC1=O)c1ccccc1N1C(=O)C(C)(C)N(O)[C@H]12)C(C)C. The standard InChI is InChI=1S/C29H30N4O7/c1-15(2)22(39-16(3)34)23-30-19-12-8-6-10-17(19)24(35)31(23)21-14-29(40-25(21)36)18-11-7-9-13-20(18)32-26(29)33(38)28(4,5)27(32)37/h6-13,15,21-22,26,38H,14H2,1-5H3/t21-,22-,26+,29+/m1/s1. The molecule has 1 spiro atoms. The Morgan fingerprint density at radius 1 is 1.10 bits per heavy atom. The van der Waals surface area contributed by atoms with Crippen molar-refractivity contribution in [2.24, 2.45) is 5.92 Å². The number of esters is 2. The van der Waals surface area contributed by atoms with Gasteiger partial charge in [-0.1, -0.05) is 44.2 Å². The monoisotopic (exact) mass is 546 g/mol. The zero-order chi connectivity index (χ0) is 28.7. The molecule has 4 atom stereocenters. The molecule has 3 aliphatic heterocycles. The van der Waals surface area contributed by atoms with Crippen molar-refractivity contribution in [2.75, 3.05) is 4.90 Å². The summed E-state index contributed by atoms with van der Waals surface area (Å²) in [6, 6.07) is 12.6. The van der Waals surface area contributed by atoms with Gasteiger partial charge < -0.3 is 14.7 Å². The lowest BCUT2D eigenvalue weighted by molar-refractivity contribution is -0.209. The highest BCUT2D eigenvalue weighted by Gasteiger charge is 2.70. The first-order chi connectivity index (χ1) is 18.9. The molecular formula is C29H30N4O7. The number of carbonyl (C=O) groups is 3. The van der Waals surface area contributed by atoms with Gasteiger partial charge in [0.1, 0.15) is 11.6 Å². The normalized spacial score (nSPS) is 25.9. The van der Waals surface area contributed by atoms with Crippen molar-refractivity contribution in [3.8, 4) is 0 Å². The summed E-state index contributed by atoms with van der Waals surface area (Å²) in [5.74, 6) is -1.77. The van der Waals surface area contributed by atoms with Gasteiger partial charge >= 0.3 is 11.9 Å². The lowest BCUT2D eigenvalue weighted by atomic mass is 9.87. The zero-order valence-electron chi connectivity index (χ0n) is 22.8. The lowest BCUT2D eigenvalue weighted by Crippen LogP contribution is -2.52. The van der Waals surface area contributed by atoms with Crippen LogP contribution in [0.2, 0.25) is 0 Å². The number of anilines is 1. The predicted molar refractivity (Wildman–Crippen MR) is 142 cm³/mol. The summed E-state index contributed by atoms with van der Waals surface area (Å²) in [5, 5.41) is 12.5. The van der Waals surface area contributed by atoms with E-state index in [1.54, 1.807) is 62.4 Å². The molecule has 1 amide bonds. The molecule has 3 aromatic rings. The van der Waals surface area contributed by atoms with Gasteiger partial charge in [0, 0.05) is 18.9 Å². The van der Waals surface area contributed by atoms with Crippen LogP contribution in [0.1, 0.15) is 64.6 Å². The molecule has 2 aromatic carbocycles. The van der Waals surface area contributed by atoms with Crippen LogP contribution in [-0.2, 0) is 29.5 Å². The van der Waals surface area contributed by atoms with Gasteiger partial charge in [-0.25, -0.2) is 9.78 Å². The molecule has 1 N–H and O–H groups in total. The highest BCUT2D eigenvalue weighted by Crippen LogP contribution is 2.58. The van der Waals surface area contributed by atoms with Gasteiger partial charge in [-0.2, -0.15) is 0 Å². The predicted octanol–water partition coefficient (Wildman–Crippen LogP) is 3.20. The van der Waals surface area contributed by atoms with Crippen molar-refractivity contribution in [2.45, 2.75) is 70.5 Å². The van der Waals surface area contributed by atoms with Gasteiger partial charge in [0.15, 0.2) is 23.7 Å². The highest BCUT2D eigenvalue weighted by atomic mass is 16.6. The first kappa shape index (κ1) is 26.1. The van der Waals surface area contributed by atoms with Crippen LogP contribution in [0, 0.1) is 5.92 Å². The number of hydroxylamine groups is 2. The van der Waals surface area contributed by atoms with Gasteiger partial charge in [0.25, 0.3) is 11.5 Å². The first-order valence-corrected chi connectivity index (χ1v) is 13.2. The van der Waals surface area contributed by atoms with Crippen molar-refractivity contribution in [3.63, 3.8) is 0 Å². The average molecular weight is 547 g/mol. The van der Waals surface area contributed by atoms with Gasteiger partial charge in [0.05, 0.1) is 16.6 Å². The molecule has 4 heterocycles. The third kappa shape index (κ3) is 3.40. The minimum atomic E-state index is -1.46. The topological polar surface area (TPSA) is 131 Å². The summed E-state index contributed by atoms with van der Waals surface area (Å²) >= 11 is 0. The fraction of sp³-hybridized carbons (Fsp3) is 0.414. The number of carbonyl (C=O) groups excluding carboxylic acids is 3. The molecule has 11 nitrogen and oxygen atoms in total. The summed E-state index contributed by atoms with van der Waals surface area (Å²) < 4.78 is 13.0. The minimum Gasteiger partial charge on any atom is -0.454 e. The molecule has 0 bridgehead atoms. The van der Waals surface area contributed by atoms with E-state index in [9.17, 15) is 24.4 Å². The molecule has 0 radical (unpaired) electrons. The molecule has 11 heteroatoms. The van der Waals surface area contributed by atoms with E-state index < -0.39 is 46.9 Å². The van der Waals surface area contributed by atoms with Gasteiger partial charge in [0.2, 0.25) is 0 Å². The molecule has 6 rings (SSSR count). The number of nitrogens with zero attached hydrogens (tertiary/aromatic N) is 4. The zero-order valence-corrected chi connectivity index (χ0v) is 22.8. The van der Waals surface area contributed by atoms with E-state index in [1.807, 2.05) is 13.8 Å². The Balaban J connectivity index is 1.57. The van der Waals surface area contributed by atoms with E-state index in [0.29, 0.717) is 22.2 Å². The molecule has 0 aliphatic carbocycles. The van der Waals surface area contributed by atoms with Crippen molar-refractivity contribution < 1.29 is 29.1 Å². The maximum atomic E-state index is 14.0. The number of hydrogen-bond donors (Lipinski definition) is 1. The molecule has 2 fully saturated rings. The van der Waals surface area contributed by atoms with Crippen LogP contribution < -0.4 is 10.5 Å². The molecule has 208 valence electrons. The lowest BCUT2D eigenvalue weighted by Gasteiger charge is -2.35. The van der Waals surface area contributed by atoms with Crippen molar-refractivity contribution in [3.05, 3.63) is 70.3 Å². The maximum Gasteiger partial charge on any atom is 0.330 e. The van der Waals surface area contributed by atoms with Crippen LogP contribution in [0.4, 0.5) is 5.69 Å². The molecule has 2 saturated heterocycles. The molecule has 0 unspecified atom stereocenters. The Labute approximate surface area is 229 Å². The van der Waals surface area contributed by atoms with Gasteiger partial charge in [-0.05, 0) is 38.0 Å². The summed E-state index contributed by atoms with van der Waals surface area (Å²) in [6.45, 7) is 8.13. The molecular weight excluding hydrogens is 516 g/mol. The Hall–Kier alpha value is -4.09. The fourth-order valence-corrected chi connectivity index (χ4v) is 6.26. The second kappa shape index (κ2) is 8.70. The summed E-state index contributed by atoms with van der Waals surface area (Å²) in [6.07, 6.45) is -2.03. The maximum absolute atomic E-state index is 14.0. The van der Waals surface area contributed by atoms with Crippen molar-refractivity contribution >= 4 is 34.4 Å². The number of aromatic nitrogens is 2. The van der Waals surface area contributed by atoms with Crippen molar-refractivity contribution in [1.29, 1.82) is 0 Å². The number of ether oxygens (including phenoxy) is 2. The number of fused-ring (bicyclic) bond motifs is 6. The van der Waals surface area contributed by atoms with E-state index in [0.717, 1.165) is 5.06 Å². The number of hydrogen-bond acceptors (Lipinski definition) is 9. The summed E-state index contributed by atoms with van der Waals surface area (Å²) in [7, 11) is 0. The van der Waals surface area contributed by atoms with Crippen LogP contribution in [0.25, 0.3) is 10.9 Å². The van der Waals surface area contributed by atoms with Crippen LogP contribution in [0.3, 0.4) is 0 Å². The Bertz CT molecular complexity index is 1650. The third-order valence-electron chi connectivity index (χ3n) is 8.18. The van der Waals surface area contributed by atoms with Gasteiger partial charge in [-0.15, -0.1) is 5.06 Å². The van der Waals surface area contributed by atoms with E-state index in [-0.39, 0.29) is 24.1 Å². The largest absolute Gasteiger partial charge is 0.454 e. The second-order valence-electron chi connectivity index (χ2n) is 11.4. The quantitative estimate of drug-likeness (QED) is 0.490. The summed E-state index contributed by atoms with van der Waals surface area (Å²) in [5.41, 5.74) is -1.74. The smallest absolute Gasteiger partial charge is 0.330 e. The third-order valence-corrected chi connectivity index (χ3v) is 8.18. The first-order valence-electron chi connectivity index (χ1n) is 13.2. The summed E-state index contributed by atoms with van der Waals surface area (Å²) in [4.78, 5) is 59.6. The fourth-order valence-electron chi connectivity index (χ4n) is 6.26. The molecule has 40 heavy (non-hydrogen) atoms. The number of benzene rings is 2. The van der Waals surface area contributed by atoms with Gasteiger partial charge in [-0.3, -0.25) is 23.9 Å². The number of amides is 1. The molecule has 0 saturated carbocycles. The Morgan fingerprint density at radius 3 is 2.48 bits per heavy atom. The highest BCUT2D eigenvalue weighted by molar-refractivity contribution is 6.05. The minimum absolute atomic E-state index is 0.0672. The van der Waals surface area contributed by atoms with E-state index in [4.69, 9.17) is 14.5 Å². The van der Waals surface area contributed by atoms with E-state index in [1.165, 1.54) is 16.4 Å². The Kier molecular flexibility index (Phi) is 5.69. The molecule has 1 aromatic heterocycles. The number of para-hydroxylation sites is 2. The second-order valence-corrected chi connectivity index (χ2v) is 11.4.